The first-order chi connectivity index (χ1) is 25.3. The first-order valence-electron chi connectivity index (χ1n) is 19.6. The maximum atomic E-state index is 13.4. The Balaban J connectivity index is 1.35. The third kappa shape index (κ3) is 10.8. The van der Waals surface area contributed by atoms with Crippen LogP contribution in [0.15, 0.2) is 24.4 Å². The average Bonchev–Trinajstić information content (AvgIpc) is 3.11. The topological polar surface area (TPSA) is 138 Å². The van der Waals surface area contributed by atoms with E-state index in [1.807, 2.05) is 27.7 Å². The number of likely N-dealkylation sites (N-methyl/N-ethyl adjacent to an activating group) is 1. The summed E-state index contributed by atoms with van der Waals surface area (Å²) in [5, 5.41) is 6.41. The second-order valence-corrected chi connectivity index (χ2v) is 17.3. The molecule has 2 N–H and O–H groups in total. The van der Waals surface area contributed by atoms with Gasteiger partial charge in [0.25, 0.3) is 5.91 Å². The number of fused-ring (bicyclic) bond motifs is 1. The van der Waals surface area contributed by atoms with Gasteiger partial charge in [0.15, 0.2) is 5.82 Å². The van der Waals surface area contributed by atoms with Crippen molar-refractivity contribution in [3.05, 3.63) is 30.0 Å². The van der Waals surface area contributed by atoms with Gasteiger partial charge in [-0.05, 0) is 88.3 Å². The Kier molecular flexibility index (Phi) is 13.9. The Morgan fingerprint density at radius 1 is 1.00 bits per heavy atom. The molecule has 3 heterocycles. The van der Waals surface area contributed by atoms with Crippen molar-refractivity contribution in [2.75, 3.05) is 55.5 Å². The van der Waals surface area contributed by atoms with Crippen LogP contribution in [-0.2, 0) is 14.3 Å². The van der Waals surface area contributed by atoms with E-state index in [4.69, 9.17) is 19.2 Å². The number of nitrogens with one attached hydrogen (secondary N) is 2. The number of amides is 3. The zero-order chi connectivity index (χ0) is 40.0. The molecule has 0 saturated carbocycles. The largest absolute Gasteiger partial charge is 0.495 e. The molecule has 1 fully saturated rings. The van der Waals surface area contributed by atoms with Crippen molar-refractivity contribution in [3.63, 3.8) is 0 Å². The van der Waals surface area contributed by atoms with Crippen LogP contribution in [0.2, 0.25) is 0 Å². The zero-order valence-corrected chi connectivity index (χ0v) is 34.8. The molecule has 0 bridgehead atoms. The van der Waals surface area contributed by atoms with Crippen molar-refractivity contribution in [2.24, 2.45) is 10.8 Å². The van der Waals surface area contributed by atoms with Gasteiger partial charge in [-0.2, -0.15) is 4.98 Å². The first kappa shape index (κ1) is 42.6. The van der Waals surface area contributed by atoms with E-state index in [0.717, 1.165) is 37.9 Å². The van der Waals surface area contributed by atoms with Crippen LogP contribution in [0.5, 0.6) is 5.75 Å². The molecule has 0 spiro atoms. The minimum atomic E-state index is -0.507. The maximum absolute atomic E-state index is 13.4. The molecule has 1 atom stereocenters. The molecule has 13 heteroatoms. The number of methoxy groups -OCH3 is 1. The lowest BCUT2D eigenvalue weighted by Gasteiger charge is -2.44. The lowest BCUT2D eigenvalue weighted by molar-refractivity contribution is -0.120. The summed E-state index contributed by atoms with van der Waals surface area (Å²) in [6.07, 6.45) is 6.36. The quantitative estimate of drug-likeness (QED) is 0.187. The molecular formula is C41H65N7O6. The number of rotatable bonds is 15. The monoisotopic (exact) mass is 751 g/mol. The summed E-state index contributed by atoms with van der Waals surface area (Å²) in [5.74, 6) is 1.43. The van der Waals surface area contributed by atoms with E-state index in [9.17, 15) is 14.4 Å². The van der Waals surface area contributed by atoms with Gasteiger partial charge in [-0.25, -0.2) is 9.78 Å². The van der Waals surface area contributed by atoms with Gasteiger partial charge in [-0.1, -0.05) is 48.5 Å². The van der Waals surface area contributed by atoms with Gasteiger partial charge in [0.2, 0.25) is 11.9 Å². The Morgan fingerprint density at radius 3 is 2.26 bits per heavy atom. The molecule has 1 saturated heterocycles. The van der Waals surface area contributed by atoms with E-state index in [1.165, 1.54) is 0 Å². The van der Waals surface area contributed by atoms with Crippen molar-refractivity contribution in [3.8, 4) is 5.75 Å². The second kappa shape index (κ2) is 17.6. The van der Waals surface area contributed by atoms with E-state index >= 15 is 0 Å². The Labute approximate surface area is 322 Å². The van der Waals surface area contributed by atoms with Gasteiger partial charge in [-0.3, -0.25) is 9.59 Å². The van der Waals surface area contributed by atoms with Gasteiger partial charge in [0.1, 0.15) is 23.1 Å². The predicted octanol–water partition coefficient (Wildman–Crippen LogP) is 7.57. The van der Waals surface area contributed by atoms with E-state index in [0.29, 0.717) is 61.3 Å². The van der Waals surface area contributed by atoms with Crippen molar-refractivity contribution >= 4 is 41.0 Å². The zero-order valence-electron chi connectivity index (χ0n) is 34.8. The molecule has 1 unspecified atom stereocenters. The number of ether oxygens (including phenoxy) is 3. The fourth-order valence-electron chi connectivity index (χ4n) is 7.70. The Hall–Kier alpha value is -4.13. The molecule has 3 amide bonds. The van der Waals surface area contributed by atoms with Gasteiger partial charge in [-0.15, -0.1) is 0 Å². The number of aromatic nitrogens is 2. The fraction of sp³-hybridized carbons (Fsp3) is 0.683. The van der Waals surface area contributed by atoms with E-state index in [1.54, 1.807) is 48.4 Å². The number of carbonyl (C=O) groups is 3. The second-order valence-electron chi connectivity index (χ2n) is 17.3. The van der Waals surface area contributed by atoms with Gasteiger partial charge < -0.3 is 39.5 Å². The van der Waals surface area contributed by atoms with Crippen LogP contribution >= 0.6 is 0 Å². The highest BCUT2D eigenvalue weighted by molar-refractivity contribution is 6.04. The number of hydrogen-bond donors (Lipinski definition) is 2. The molecule has 2 aliphatic rings. The number of nitrogens with zero attached hydrogens (tertiary/aromatic N) is 5. The molecule has 54 heavy (non-hydrogen) atoms. The normalized spacial score (nSPS) is 17.1. The number of benzene rings is 1. The molecule has 0 radical (unpaired) electrons. The molecule has 1 aromatic carbocycles. The summed E-state index contributed by atoms with van der Waals surface area (Å²) in [4.78, 5) is 54.1. The van der Waals surface area contributed by atoms with Crippen LogP contribution in [0, 0.1) is 10.8 Å². The summed E-state index contributed by atoms with van der Waals surface area (Å²) in [5.41, 5.74) is 0.942. The maximum Gasteiger partial charge on any atom is 0.410 e. The van der Waals surface area contributed by atoms with E-state index in [-0.39, 0.29) is 46.9 Å². The third-order valence-corrected chi connectivity index (χ3v) is 10.2. The molecule has 0 aliphatic carbocycles. The Bertz CT molecular complexity index is 1610. The summed E-state index contributed by atoms with van der Waals surface area (Å²) in [7, 11) is 3.34. The van der Waals surface area contributed by atoms with E-state index < -0.39 is 5.60 Å². The van der Waals surface area contributed by atoms with Gasteiger partial charge >= 0.3 is 6.09 Å². The first-order valence-corrected chi connectivity index (χ1v) is 19.6. The van der Waals surface area contributed by atoms with Crippen LogP contribution in [0.1, 0.15) is 118 Å². The molecule has 2 aliphatic heterocycles. The summed E-state index contributed by atoms with van der Waals surface area (Å²) in [6.45, 7) is 22.9. The van der Waals surface area contributed by atoms with Crippen LogP contribution in [0.3, 0.4) is 0 Å². The minimum absolute atomic E-state index is 0.0447. The van der Waals surface area contributed by atoms with E-state index in [2.05, 4.69) is 62.1 Å². The third-order valence-electron chi connectivity index (χ3n) is 10.2. The summed E-state index contributed by atoms with van der Waals surface area (Å²) < 4.78 is 17.6. The van der Waals surface area contributed by atoms with Crippen LogP contribution in [0.25, 0.3) is 0 Å². The number of likely N-dealkylation sites (tertiary alicyclic amines) is 1. The van der Waals surface area contributed by atoms with Crippen LogP contribution in [-0.4, -0.2) is 97.0 Å². The Morgan fingerprint density at radius 2 is 1.67 bits per heavy atom. The lowest BCUT2D eigenvalue weighted by atomic mass is 9.75. The minimum Gasteiger partial charge on any atom is -0.495 e. The number of anilines is 4. The molecular weight excluding hydrogens is 686 g/mol. The molecule has 1 aromatic heterocycles. The van der Waals surface area contributed by atoms with Gasteiger partial charge in [0, 0.05) is 38.3 Å². The fourth-order valence-corrected chi connectivity index (χ4v) is 7.70. The highest BCUT2D eigenvalue weighted by Crippen LogP contribution is 2.39. The summed E-state index contributed by atoms with van der Waals surface area (Å²) in [6, 6.07) is 5.13. The van der Waals surface area contributed by atoms with Crippen molar-refractivity contribution < 1.29 is 28.6 Å². The average molecular weight is 752 g/mol. The number of piperidine rings is 1. The predicted molar refractivity (Wildman–Crippen MR) is 214 cm³/mol. The molecule has 13 nitrogen and oxygen atoms in total. The van der Waals surface area contributed by atoms with Crippen molar-refractivity contribution in [1.29, 1.82) is 0 Å². The highest BCUT2D eigenvalue weighted by Gasteiger charge is 2.40. The number of carbonyl (C=O) groups excluding carboxylic acids is 3. The summed E-state index contributed by atoms with van der Waals surface area (Å²) >= 11 is 0. The smallest absolute Gasteiger partial charge is 0.410 e. The molecule has 300 valence electrons. The SMILES string of the molecule is CCC(CC)N1c2nc(Nc3ccc(C(=O)NCC(C)(C)CC(C)(C)COC4CCN(C(=O)OC(C)(C)C)CC4)cc3OC)ncc2N(C)C(=O)C1CC. The van der Waals surface area contributed by atoms with Crippen molar-refractivity contribution in [2.45, 2.75) is 132 Å². The standard InChI is InChI=1S/C41H65N7O6/c1-13-28(14-2)48-31(15-3)36(50)46(11)32-23-42-37(45-34(32)48)44-30-17-16-27(22-33(30)52-12)35(49)43-25-40(7,8)24-41(9,10)26-53-29-18-20-47(21-19-29)38(51)54-39(4,5)6/h16-17,22-23,28-29,31H,13-15,18-21,24-26H2,1-12H3,(H,43,49)(H,42,44,45). The van der Waals surface area contributed by atoms with Crippen LogP contribution in [0.4, 0.5) is 27.9 Å². The lowest BCUT2D eigenvalue weighted by Crippen LogP contribution is -2.56. The van der Waals surface area contributed by atoms with Crippen LogP contribution < -0.4 is 25.2 Å². The highest BCUT2D eigenvalue weighted by atomic mass is 16.6. The number of hydrogen-bond acceptors (Lipinski definition) is 10. The van der Waals surface area contributed by atoms with Crippen molar-refractivity contribution in [1.82, 2.24) is 20.2 Å². The molecule has 4 rings (SSSR count). The van der Waals surface area contributed by atoms with Gasteiger partial charge in [0.05, 0.1) is 31.7 Å². The molecule has 2 aromatic rings.